The van der Waals surface area contributed by atoms with Gasteiger partial charge in [-0.05, 0) is 28.2 Å². The maximum atomic E-state index is 2.43. The number of halogens is 1. The molecular formula is C6H15IN2. The second-order valence-corrected chi connectivity index (χ2v) is 4.10. The van der Waals surface area contributed by atoms with Crippen LogP contribution >= 0.6 is 22.6 Å². The molecule has 3 heteroatoms. The van der Waals surface area contributed by atoms with Gasteiger partial charge in [-0.3, -0.25) is 4.90 Å². The Hall–Kier alpha value is 0.650. The lowest BCUT2D eigenvalue weighted by atomic mass is 10.5. The highest BCUT2D eigenvalue weighted by Gasteiger charge is 2.05. The van der Waals surface area contributed by atoms with Crippen LogP contribution in [0.25, 0.3) is 0 Å². The molecule has 0 rings (SSSR count). The monoisotopic (exact) mass is 242 g/mol. The Morgan fingerprint density at radius 1 is 1.22 bits per heavy atom. The quantitative estimate of drug-likeness (QED) is 0.411. The van der Waals surface area contributed by atoms with Crippen molar-refractivity contribution in [3.63, 3.8) is 0 Å². The zero-order chi connectivity index (χ0) is 7.44. The molecule has 2 nitrogen and oxygen atoms in total. The van der Waals surface area contributed by atoms with E-state index < -0.39 is 0 Å². The van der Waals surface area contributed by atoms with Gasteiger partial charge in [0.15, 0.2) is 0 Å². The normalized spacial score (nSPS) is 15.0. The third-order valence-electron chi connectivity index (χ3n) is 1.08. The molecule has 0 saturated carbocycles. The van der Waals surface area contributed by atoms with Gasteiger partial charge in [-0.25, -0.2) is 0 Å². The zero-order valence-corrected chi connectivity index (χ0v) is 8.71. The van der Waals surface area contributed by atoms with Gasteiger partial charge in [-0.2, -0.15) is 0 Å². The van der Waals surface area contributed by atoms with Gasteiger partial charge in [0, 0.05) is 6.54 Å². The number of rotatable bonds is 3. The fourth-order valence-corrected chi connectivity index (χ4v) is 1.25. The summed E-state index contributed by atoms with van der Waals surface area (Å²) in [6, 6.07) is 0. The van der Waals surface area contributed by atoms with Gasteiger partial charge in [-0.15, -0.1) is 0 Å². The fraction of sp³-hybridized carbons (Fsp3) is 1.00. The van der Waals surface area contributed by atoms with Gasteiger partial charge < -0.3 is 4.90 Å². The smallest absolute Gasteiger partial charge is 0.0742 e. The summed E-state index contributed by atoms with van der Waals surface area (Å²) < 4.78 is 0.623. The fourth-order valence-electron chi connectivity index (χ4n) is 0.465. The van der Waals surface area contributed by atoms with Crippen LogP contribution in [0.15, 0.2) is 0 Å². The maximum absolute atomic E-state index is 2.43. The van der Waals surface area contributed by atoms with Crippen LogP contribution in [0.3, 0.4) is 0 Å². The molecule has 0 fully saturated rings. The van der Waals surface area contributed by atoms with Gasteiger partial charge in [-0.1, -0.05) is 22.6 Å². The number of likely N-dealkylation sites (N-methyl/N-ethyl adjacent to an activating group) is 2. The van der Waals surface area contributed by atoms with E-state index in [2.05, 4.69) is 60.6 Å². The number of hydrogen-bond donors (Lipinski definition) is 0. The van der Waals surface area contributed by atoms with Gasteiger partial charge in [0.2, 0.25) is 0 Å². The van der Waals surface area contributed by atoms with Crippen molar-refractivity contribution in [2.45, 2.75) is 4.05 Å². The number of nitrogens with zero attached hydrogens (tertiary/aromatic N) is 2. The molecule has 0 amide bonds. The third-order valence-corrected chi connectivity index (χ3v) is 2.58. The van der Waals surface area contributed by atoms with Gasteiger partial charge in [0.05, 0.1) is 4.05 Å². The van der Waals surface area contributed by atoms with E-state index in [-0.39, 0.29) is 0 Å². The van der Waals surface area contributed by atoms with Crippen LogP contribution in [0.4, 0.5) is 0 Å². The second kappa shape index (κ2) is 4.46. The molecule has 0 aliphatic rings. The highest BCUT2D eigenvalue weighted by atomic mass is 127. The molecule has 0 aliphatic carbocycles. The highest BCUT2D eigenvalue weighted by molar-refractivity contribution is 14.1. The van der Waals surface area contributed by atoms with Crippen molar-refractivity contribution < 1.29 is 0 Å². The first-order valence-electron chi connectivity index (χ1n) is 2.99. The molecule has 1 unspecified atom stereocenters. The minimum absolute atomic E-state index is 0.623. The molecule has 0 heterocycles. The van der Waals surface area contributed by atoms with Crippen LogP contribution in [0, 0.1) is 0 Å². The molecule has 0 aliphatic heterocycles. The van der Waals surface area contributed by atoms with Crippen LogP contribution < -0.4 is 0 Å². The lowest BCUT2D eigenvalue weighted by Crippen LogP contribution is -2.32. The standard InChI is InChI=1S/C6H15IN2/c1-8(2)5-6(7)9(3)4/h6H,5H2,1-4H3. The SMILES string of the molecule is CN(C)CC(I)N(C)C. The molecule has 1 atom stereocenters. The molecule has 9 heavy (non-hydrogen) atoms. The van der Waals surface area contributed by atoms with Crippen LogP contribution in [0.1, 0.15) is 0 Å². The Kier molecular flexibility index (Phi) is 4.79. The van der Waals surface area contributed by atoms with E-state index in [4.69, 9.17) is 0 Å². The summed E-state index contributed by atoms with van der Waals surface area (Å²) in [4.78, 5) is 4.40. The first kappa shape index (κ1) is 9.65. The van der Waals surface area contributed by atoms with Gasteiger partial charge >= 0.3 is 0 Å². The van der Waals surface area contributed by atoms with Crippen LogP contribution in [-0.4, -0.2) is 48.6 Å². The molecule has 0 spiro atoms. The predicted molar refractivity (Wildman–Crippen MR) is 50.0 cm³/mol. The predicted octanol–water partition coefficient (Wildman–Crippen LogP) is 0.871. The molecule has 0 N–H and O–H groups in total. The molecule has 0 aromatic heterocycles. The van der Waals surface area contributed by atoms with E-state index in [0.717, 1.165) is 6.54 Å². The van der Waals surface area contributed by atoms with Crippen molar-refractivity contribution in [3.05, 3.63) is 0 Å². The molecule has 0 aromatic rings. The third kappa shape index (κ3) is 5.11. The molecule has 0 bridgehead atoms. The van der Waals surface area contributed by atoms with Crippen molar-refractivity contribution in [2.75, 3.05) is 34.7 Å². The summed E-state index contributed by atoms with van der Waals surface area (Å²) in [5.74, 6) is 0. The summed E-state index contributed by atoms with van der Waals surface area (Å²) in [5.41, 5.74) is 0. The van der Waals surface area contributed by atoms with Gasteiger partial charge in [0.1, 0.15) is 0 Å². The Morgan fingerprint density at radius 3 is 1.78 bits per heavy atom. The summed E-state index contributed by atoms with van der Waals surface area (Å²) in [6.07, 6.45) is 0. The van der Waals surface area contributed by atoms with Crippen LogP contribution in [-0.2, 0) is 0 Å². The lowest BCUT2D eigenvalue weighted by molar-refractivity contribution is 0.307. The number of alkyl halides is 1. The maximum Gasteiger partial charge on any atom is 0.0742 e. The number of hydrogen-bond acceptors (Lipinski definition) is 2. The first-order valence-corrected chi connectivity index (χ1v) is 4.24. The summed E-state index contributed by atoms with van der Waals surface area (Å²) >= 11 is 2.43. The summed E-state index contributed by atoms with van der Waals surface area (Å²) in [5, 5.41) is 0. The van der Waals surface area contributed by atoms with E-state index in [1.54, 1.807) is 0 Å². The largest absolute Gasteiger partial charge is 0.307 e. The Balaban J connectivity index is 3.38. The van der Waals surface area contributed by atoms with Crippen LogP contribution in [0.5, 0.6) is 0 Å². The molecule has 0 saturated heterocycles. The van der Waals surface area contributed by atoms with E-state index in [1.165, 1.54) is 0 Å². The van der Waals surface area contributed by atoms with Crippen molar-refractivity contribution in [1.29, 1.82) is 0 Å². The first-order chi connectivity index (χ1) is 4.04. The molecule has 0 radical (unpaired) electrons. The van der Waals surface area contributed by atoms with Crippen molar-refractivity contribution in [3.8, 4) is 0 Å². The van der Waals surface area contributed by atoms with Gasteiger partial charge in [0.25, 0.3) is 0 Å². The van der Waals surface area contributed by atoms with Crippen LogP contribution in [0.2, 0.25) is 0 Å². The molecular weight excluding hydrogens is 227 g/mol. The minimum atomic E-state index is 0.623. The zero-order valence-electron chi connectivity index (χ0n) is 6.56. The highest BCUT2D eigenvalue weighted by Crippen LogP contribution is 2.03. The Bertz CT molecular complexity index is 73.5. The van der Waals surface area contributed by atoms with E-state index in [9.17, 15) is 0 Å². The second-order valence-electron chi connectivity index (χ2n) is 2.66. The van der Waals surface area contributed by atoms with Crippen molar-refractivity contribution >= 4 is 22.6 Å². The Labute approximate surface area is 71.3 Å². The molecule has 56 valence electrons. The van der Waals surface area contributed by atoms with E-state index in [0.29, 0.717) is 4.05 Å². The Morgan fingerprint density at radius 2 is 1.67 bits per heavy atom. The lowest BCUT2D eigenvalue weighted by Gasteiger charge is -2.21. The summed E-state index contributed by atoms with van der Waals surface area (Å²) in [7, 11) is 8.38. The summed E-state index contributed by atoms with van der Waals surface area (Å²) in [6.45, 7) is 1.12. The van der Waals surface area contributed by atoms with Crippen molar-refractivity contribution in [1.82, 2.24) is 9.80 Å². The van der Waals surface area contributed by atoms with Crippen molar-refractivity contribution in [2.24, 2.45) is 0 Å². The molecule has 0 aromatic carbocycles. The minimum Gasteiger partial charge on any atom is -0.307 e. The average molecular weight is 242 g/mol. The average Bonchev–Trinajstić information content (AvgIpc) is 1.63. The topological polar surface area (TPSA) is 6.48 Å². The van der Waals surface area contributed by atoms with E-state index in [1.807, 2.05) is 0 Å². The van der Waals surface area contributed by atoms with E-state index >= 15 is 0 Å².